The summed E-state index contributed by atoms with van der Waals surface area (Å²) in [5, 5.41) is 8.64. The second-order valence-corrected chi connectivity index (χ2v) is 9.84. The fourth-order valence-corrected chi connectivity index (χ4v) is 7.36. The van der Waals surface area contributed by atoms with Gasteiger partial charge in [-0.1, -0.05) is 6.07 Å². The second-order valence-electron chi connectivity index (χ2n) is 4.53. The molecule has 0 aliphatic rings. The van der Waals surface area contributed by atoms with E-state index in [1.807, 2.05) is 22.7 Å². The Kier molecular flexibility index (Phi) is 4.41. The first-order valence-corrected chi connectivity index (χ1v) is 11.5. The van der Waals surface area contributed by atoms with E-state index in [2.05, 4.69) is 77.6 Å². The summed E-state index contributed by atoms with van der Waals surface area (Å²) < 4.78 is 2.26. The SMILES string of the molecule is Brc1csc(-c2ccsc2-c2ccsc2-c2cccs2)c1Br. The Morgan fingerprint density at radius 3 is 2.05 bits per heavy atom. The highest BCUT2D eigenvalue weighted by Crippen LogP contribution is 2.49. The summed E-state index contributed by atoms with van der Waals surface area (Å²) >= 11 is 14.5. The van der Waals surface area contributed by atoms with Crippen LogP contribution in [-0.4, -0.2) is 0 Å². The summed E-state index contributed by atoms with van der Waals surface area (Å²) in [6.45, 7) is 0. The molecule has 0 nitrogen and oxygen atoms in total. The standard InChI is InChI=1S/C16H8Br2S4/c17-11-8-22-16(13(11)18)10-4-6-20-14(10)9-3-7-21-15(9)12-2-1-5-19-12/h1-8H. The average molecular weight is 488 g/mol. The maximum atomic E-state index is 3.70. The van der Waals surface area contributed by atoms with Gasteiger partial charge in [0.05, 0.1) is 14.2 Å². The van der Waals surface area contributed by atoms with Crippen molar-refractivity contribution in [2.24, 2.45) is 0 Å². The van der Waals surface area contributed by atoms with Gasteiger partial charge in [-0.15, -0.1) is 45.3 Å². The van der Waals surface area contributed by atoms with Crippen LogP contribution in [0.1, 0.15) is 0 Å². The minimum atomic E-state index is 1.12. The fraction of sp³-hybridized carbons (Fsp3) is 0. The molecule has 0 fully saturated rings. The Morgan fingerprint density at radius 2 is 1.41 bits per heavy atom. The van der Waals surface area contributed by atoms with Crippen LogP contribution < -0.4 is 0 Å². The van der Waals surface area contributed by atoms with E-state index in [1.54, 1.807) is 22.7 Å². The predicted octanol–water partition coefficient (Wildman–Crippen LogP) is 8.46. The zero-order chi connectivity index (χ0) is 15.1. The first-order chi connectivity index (χ1) is 10.8. The predicted molar refractivity (Wildman–Crippen MR) is 110 cm³/mol. The van der Waals surface area contributed by atoms with E-state index in [1.165, 1.54) is 30.6 Å². The summed E-state index contributed by atoms with van der Waals surface area (Å²) in [5.41, 5.74) is 2.65. The van der Waals surface area contributed by atoms with E-state index in [0.717, 1.165) is 8.95 Å². The monoisotopic (exact) mass is 486 g/mol. The Bertz CT molecular complexity index is 912. The molecule has 0 atom stereocenters. The van der Waals surface area contributed by atoms with E-state index < -0.39 is 0 Å². The summed E-state index contributed by atoms with van der Waals surface area (Å²) in [6, 6.07) is 8.78. The highest BCUT2D eigenvalue weighted by atomic mass is 79.9. The van der Waals surface area contributed by atoms with E-state index >= 15 is 0 Å². The Balaban J connectivity index is 1.88. The summed E-state index contributed by atoms with van der Waals surface area (Å²) in [5.74, 6) is 0. The molecule has 0 aliphatic carbocycles. The summed E-state index contributed by atoms with van der Waals surface area (Å²) in [7, 11) is 0. The lowest BCUT2D eigenvalue weighted by molar-refractivity contribution is 1.74. The number of rotatable bonds is 3. The third kappa shape index (κ3) is 2.60. The topological polar surface area (TPSA) is 0 Å². The lowest BCUT2D eigenvalue weighted by Gasteiger charge is -2.04. The van der Waals surface area contributed by atoms with Gasteiger partial charge in [-0.2, -0.15) is 0 Å². The molecule has 0 saturated carbocycles. The van der Waals surface area contributed by atoms with Gasteiger partial charge in [0.1, 0.15) is 0 Å². The highest BCUT2D eigenvalue weighted by Gasteiger charge is 2.18. The maximum Gasteiger partial charge on any atom is 0.0529 e. The van der Waals surface area contributed by atoms with Crippen LogP contribution in [0.25, 0.3) is 30.6 Å². The van der Waals surface area contributed by atoms with Gasteiger partial charge < -0.3 is 0 Å². The van der Waals surface area contributed by atoms with E-state index in [0.29, 0.717) is 0 Å². The molecule has 0 unspecified atom stereocenters. The number of halogens is 2. The van der Waals surface area contributed by atoms with Gasteiger partial charge in [-0.05, 0) is 66.2 Å². The molecule has 0 saturated heterocycles. The normalized spacial score (nSPS) is 11.2. The molecule has 4 aromatic heterocycles. The second kappa shape index (κ2) is 6.34. The number of hydrogen-bond donors (Lipinski definition) is 0. The highest BCUT2D eigenvalue weighted by molar-refractivity contribution is 9.13. The van der Waals surface area contributed by atoms with Gasteiger partial charge in [-0.3, -0.25) is 0 Å². The van der Waals surface area contributed by atoms with Crippen molar-refractivity contribution < 1.29 is 0 Å². The van der Waals surface area contributed by atoms with Crippen molar-refractivity contribution in [3.63, 3.8) is 0 Å². The average Bonchev–Trinajstić information content (AvgIpc) is 3.25. The van der Waals surface area contributed by atoms with Gasteiger partial charge in [0.2, 0.25) is 0 Å². The van der Waals surface area contributed by atoms with Crippen LogP contribution in [0.15, 0.2) is 54.7 Å². The minimum Gasteiger partial charge on any atom is -0.143 e. The molecule has 0 N–H and O–H groups in total. The Morgan fingerprint density at radius 1 is 0.682 bits per heavy atom. The molecule has 22 heavy (non-hydrogen) atoms. The van der Waals surface area contributed by atoms with Crippen molar-refractivity contribution in [1.82, 2.24) is 0 Å². The molecule has 110 valence electrons. The van der Waals surface area contributed by atoms with Gasteiger partial charge in [0.25, 0.3) is 0 Å². The van der Waals surface area contributed by atoms with Gasteiger partial charge in [0.15, 0.2) is 0 Å². The third-order valence-corrected chi connectivity index (χ3v) is 9.73. The molecule has 0 aliphatic heterocycles. The molecular weight excluding hydrogens is 480 g/mol. The molecule has 6 heteroatoms. The summed E-state index contributed by atoms with van der Waals surface area (Å²) in [4.78, 5) is 5.34. The van der Waals surface area contributed by atoms with Gasteiger partial charge in [-0.25, -0.2) is 0 Å². The molecule has 0 radical (unpaired) electrons. The lowest BCUT2D eigenvalue weighted by atomic mass is 10.1. The molecule has 0 spiro atoms. The molecular formula is C16H8Br2S4. The first-order valence-electron chi connectivity index (χ1n) is 6.38. The van der Waals surface area contributed by atoms with Crippen molar-refractivity contribution in [1.29, 1.82) is 0 Å². The largest absolute Gasteiger partial charge is 0.143 e. The third-order valence-electron chi connectivity index (χ3n) is 3.25. The van der Waals surface area contributed by atoms with Crippen molar-refractivity contribution in [2.75, 3.05) is 0 Å². The van der Waals surface area contributed by atoms with Gasteiger partial charge >= 0.3 is 0 Å². The zero-order valence-corrected chi connectivity index (χ0v) is 17.4. The molecule has 0 amide bonds. The van der Waals surface area contributed by atoms with Crippen LogP contribution >= 0.6 is 77.2 Å². The molecule has 0 bridgehead atoms. The van der Waals surface area contributed by atoms with Crippen molar-refractivity contribution in [2.45, 2.75) is 0 Å². The van der Waals surface area contributed by atoms with Gasteiger partial charge in [0, 0.05) is 30.7 Å². The number of hydrogen-bond acceptors (Lipinski definition) is 4. The lowest BCUT2D eigenvalue weighted by Crippen LogP contribution is -1.77. The van der Waals surface area contributed by atoms with Crippen LogP contribution in [0.5, 0.6) is 0 Å². The zero-order valence-electron chi connectivity index (χ0n) is 11.0. The van der Waals surface area contributed by atoms with Crippen LogP contribution in [0.4, 0.5) is 0 Å². The summed E-state index contributed by atoms with van der Waals surface area (Å²) in [6.07, 6.45) is 0. The van der Waals surface area contributed by atoms with Crippen LogP contribution in [0, 0.1) is 0 Å². The molecule has 4 rings (SSSR count). The van der Waals surface area contributed by atoms with Crippen molar-refractivity contribution in [3.8, 4) is 30.6 Å². The smallest absolute Gasteiger partial charge is 0.0529 e. The molecule has 0 aromatic carbocycles. The first kappa shape index (κ1) is 15.3. The minimum absolute atomic E-state index is 1.12. The van der Waals surface area contributed by atoms with Crippen molar-refractivity contribution >= 4 is 77.2 Å². The quantitative estimate of drug-likeness (QED) is 0.271. The Labute approximate surface area is 161 Å². The van der Waals surface area contributed by atoms with E-state index in [-0.39, 0.29) is 0 Å². The van der Waals surface area contributed by atoms with Crippen LogP contribution in [-0.2, 0) is 0 Å². The van der Waals surface area contributed by atoms with E-state index in [4.69, 9.17) is 0 Å². The van der Waals surface area contributed by atoms with E-state index in [9.17, 15) is 0 Å². The van der Waals surface area contributed by atoms with Crippen molar-refractivity contribution in [3.05, 3.63) is 54.7 Å². The van der Waals surface area contributed by atoms with Crippen LogP contribution in [0.2, 0.25) is 0 Å². The molecule has 4 heterocycles. The number of thiophene rings is 4. The Hall–Kier alpha value is -0.240. The van der Waals surface area contributed by atoms with Crippen LogP contribution in [0.3, 0.4) is 0 Å². The molecule has 4 aromatic rings. The fourth-order valence-electron chi connectivity index (χ4n) is 2.29. The maximum absolute atomic E-state index is 3.70.